The molecule has 9 nitrogen and oxygen atoms in total. The van der Waals surface area contributed by atoms with Gasteiger partial charge < -0.3 is 19.8 Å². The Bertz CT molecular complexity index is 1690. The van der Waals surface area contributed by atoms with Crippen LogP contribution in [0, 0.1) is 6.92 Å². The number of fused-ring (bicyclic) bond motifs is 2. The number of ether oxygens (including phenoxy) is 1. The Morgan fingerprint density at radius 2 is 1.95 bits per heavy atom. The number of likely N-dealkylation sites (N-methyl/N-ethyl adjacent to an activating group) is 1. The molecular formula is C30H29N7O2. The zero-order chi connectivity index (χ0) is 26.8. The summed E-state index contributed by atoms with van der Waals surface area (Å²) in [6.45, 7) is 3.06. The van der Waals surface area contributed by atoms with Crippen molar-refractivity contribution in [3.05, 3.63) is 91.2 Å². The standard InChI is InChI=1S/C30H29N7O2/c1-20-16-21(6-9-27(20)39-24-11-14-37-15-12-31-28(37)18-24)35-30-25-17-22(5-8-26(25)32-19-33-30)34-29(38)10-7-23-4-3-13-36(23)2/h5-12,14-19,23H,3-4,13H2,1-2H3,(H,34,38)(H,32,33,35). The SMILES string of the molecule is Cc1cc(Nc2ncnc3ccc(NC(=O)C=CC4CCCN4C)cc23)ccc1Oc1ccn2ccnc2c1. The molecule has 2 aromatic carbocycles. The molecule has 4 heterocycles. The molecule has 1 unspecified atom stereocenters. The number of aryl methyl sites for hydroxylation is 1. The Labute approximate surface area is 226 Å². The van der Waals surface area contributed by atoms with Crippen LogP contribution in [0.15, 0.2) is 85.6 Å². The number of amides is 1. The van der Waals surface area contributed by atoms with E-state index in [4.69, 9.17) is 4.74 Å². The summed E-state index contributed by atoms with van der Waals surface area (Å²) in [5.74, 6) is 1.97. The van der Waals surface area contributed by atoms with E-state index in [2.05, 4.69) is 37.5 Å². The highest BCUT2D eigenvalue weighted by molar-refractivity contribution is 6.02. The van der Waals surface area contributed by atoms with Gasteiger partial charge in [-0.3, -0.25) is 9.69 Å². The van der Waals surface area contributed by atoms with Crippen molar-refractivity contribution in [2.75, 3.05) is 24.2 Å². The number of carbonyl (C=O) groups is 1. The van der Waals surface area contributed by atoms with E-state index in [0.717, 1.165) is 58.7 Å². The molecule has 1 fully saturated rings. The van der Waals surface area contributed by atoms with Gasteiger partial charge in [-0.25, -0.2) is 15.0 Å². The second-order valence-corrected chi connectivity index (χ2v) is 9.76. The van der Waals surface area contributed by atoms with Crippen LogP contribution in [-0.2, 0) is 4.79 Å². The summed E-state index contributed by atoms with van der Waals surface area (Å²) >= 11 is 0. The third-order valence-corrected chi connectivity index (χ3v) is 6.98. The summed E-state index contributed by atoms with van der Waals surface area (Å²) in [6.07, 6.45) is 12.9. The quantitative estimate of drug-likeness (QED) is 0.266. The predicted octanol–water partition coefficient (Wildman–Crippen LogP) is 5.71. The van der Waals surface area contributed by atoms with Gasteiger partial charge in [-0.15, -0.1) is 0 Å². The molecule has 0 spiro atoms. The molecule has 1 atom stereocenters. The first-order chi connectivity index (χ1) is 19.0. The average Bonchev–Trinajstić information content (AvgIpc) is 3.57. The Morgan fingerprint density at radius 3 is 2.79 bits per heavy atom. The fraction of sp³-hybridized carbons (Fsp3) is 0.200. The summed E-state index contributed by atoms with van der Waals surface area (Å²) in [5.41, 5.74) is 4.12. The van der Waals surface area contributed by atoms with E-state index in [1.54, 1.807) is 12.3 Å². The van der Waals surface area contributed by atoms with E-state index in [1.165, 1.54) is 6.33 Å². The van der Waals surface area contributed by atoms with E-state index in [-0.39, 0.29) is 5.91 Å². The van der Waals surface area contributed by atoms with Crippen LogP contribution < -0.4 is 15.4 Å². The van der Waals surface area contributed by atoms with Crippen molar-refractivity contribution < 1.29 is 9.53 Å². The lowest BCUT2D eigenvalue weighted by atomic mass is 10.1. The van der Waals surface area contributed by atoms with Crippen molar-refractivity contribution in [1.29, 1.82) is 0 Å². The highest BCUT2D eigenvalue weighted by Crippen LogP contribution is 2.31. The molecule has 3 aromatic heterocycles. The average molecular weight is 520 g/mol. The molecule has 0 radical (unpaired) electrons. The van der Waals surface area contributed by atoms with Crippen LogP contribution >= 0.6 is 0 Å². The van der Waals surface area contributed by atoms with E-state index >= 15 is 0 Å². The first-order valence-electron chi connectivity index (χ1n) is 12.9. The van der Waals surface area contributed by atoms with Crippen molar-refractivity contribution >= 4 is 39.6 Å². The topological polar surface area (TPSA) is 96.7 Å². The van der Waals surface area contributed by atoms with Crippen LogP contribution in [0.5, 0.6) is 11.5 Å². The minimum atomic E-state index is -0.154. The number of hydrogen-bond donors (Lipinski definition) is 2. The molecule has 1 amide bonds. The molecule has 0 bridgehead atoms. The van der Waals surface area contributed by atoms with Gasteiger partial charge >= 0.3 is 0 Å². The molecule has 196 valence electrons. The van der Waals surface area contributed by atoms with Gasteiger partial charge in [-0.1, -0.05) is 6.08 Å². The molecule has 9 heteroatoms. The Kier molecular flexibility index (Phi) is 6.64. The number of benzene rings is 2. The van der Waals surface area contributed by atoms with Gasteiger partial charge in [0.15, 0.2) is 0 Å². The first kappa shape index (κ1) is 24.6. The molecule has 1 aliphatic heterocycles. The number of anilines is 3. The number of likely N-dealkylation sites (tertiary alicyclic amines) is 1. The number of imidazole rings is 1. The zero-order valence-electron chi connectivity index (χ0n) is 21.8. The molecule has 39 heavy (non-hydrogen) atoms. The van der Waals surface area contributed by atoms with Crippen LogP contribution in [0.2, 0.25) is 0 Å². The highest BCUT2D eigenvalue weighted by atomic mass is 16.5. The number of hydrogen-bond acceptors (Lipinski definition) is 7. The van der Waals surface area contributed by atoms with Crippen LogP contribution in [0.25, 0.3) is 16.6 Å². The lowest BCUT2D eigenvalue weighted by molar-refractivity contribution is -0.111. The molecule has 2 N–H and O–H groups in total. The van der Waals surface area contributed by atoms with Crippen molar-refractivity contribution in [1.82, 2.24) is 24.3 Å². The molecule has 6 rings (SSSR count). The van der Waals surface area contributed by atoms with Gasteiger partial charge in [-0.05, 0) is 81.4 Å². The maximum atomic E-state index is 12.6. The lowest BCUT2D eigenvalue weighted by Crippen LogP contribution is -2.23. The predicted molar refractivity (Wildman–Crippen MR) is 153 cm³/mol. The maximum absolute atomic E-state index is 12.6. The van der Waals surface area contributed by atoms with E-state index in [9.17, 15) is 4.79 Å². The fourth-order valence-corrected chi connectivity index (χ4v) is 4.86. The molecule has 0 saturated carbocycles. The smallest absolute Gasteiger partial charge is 0.248 e. The molecule has 0 aliphatic carbocycles. The number of rotatable bonds is 7. The molecule has 1 aliphatic rings. The third-order valence-electron chi connectivity index (χ3n) is 6.98. The first-order valence-corrected chi connectivity index (χ1v) is 12.9. The molecule has 1 saturated heterocycles. The Hall–Kier alpha value is -4.76. The van der Waals surface area contributed by atoms with E-state index in [1.807, 2.05) is 78.3 Å². The fourth-order valence-electron chi connectivity index (χ4n) is 4.86. The summed E-state index contributed by atoms with van der Waals surface area (Å²) in [4.78, 5) is 28.0. The molecular weight excluding hydrogens is 490 g/mol. The van der Waals surface area contributed by atoms with Crippen LogP contribution in [0.4, 0.5) is 17.2 Å². The third kappa shape index (κ3) is 5.44. The van der Waals surface area contributed by atoms with Crippen molar-refractivity contribution in [2.45, 2.75) is 25.8 Å². The van der Waals surface area contributed by atoms with Gasteiger partial charge in [-0.2, -0.15) is 0 Å². The molecule has 5 aromatic rings. The largest absolute Gasteiger partial charge is 0.457 e. The van der Waals surface area contributed by atoms with Crippen molar-refractivity contribution in [2.24, 2.45) is 0 Å². The number of carbonyl (C=O) groups excluding carboxylic acids is 1. The minimum absolute atomic E-state index is 0.154. The van der Waals surface area contributed by atoms with Crippen molar-refractivity contribution in [3.8, 4) is 11.5 Å². The number of nitrogens with zero attached hydrogens (tertiary/aromatic N) is 5. The van der Waals surface area contributed by atoms with Crippen LogP contribution in [-0.4, -0.2) is 49.8 Å². The lowest BCUT2D eigenvalue weighted by Gasteiger charge is -2.14. The van der Waals surface area contributed by atoms with Gasteiger partial charge in [0.05, 0.1) is 5.52 Å². The van der Waals surface area contributed by atoms with E-state index < -0.39 is 0 Å². The second kappa shape index (κ2) is 10.5. The maximum Gasteiger partial charge on any atom is 0.248 e. The zero-order valence-corrected chi connectivity index (χ0v) is 21.8. The summed E-state index contributed by atoms with van der Waals surface area (Å²) in [6, 6.07) is 15.6. The van der Waals surface area contributed by atoms with Gasteiger partial charge in [0, 0.05) is 53.5 Å². The van der Waals surface area contributed by atoms with Gasteiger partial charge in [0.2, 0.25) is 5.91 Å². The monoisotopic (exact) mass is 519 g/mol. The minimum Gasteiger partial charge on any atom is -0.457 e. The summed E-state index contributed by atoms with van der Waals surface area (Å²) < 4.78 is 8.05. The summed E-state index contributed by atoms with van der Waals surface area (Å²) in [7, 11) is 2.08. The van der Waals surface area contributed by atoms with Crippen LogP contribution in [0.1, 0.15) is 18.4 Å². The highest BCUT2D eigenvalue weighted by Gasteiger charge is 2.18. The number of nitrogens with one attached hydrogen (secondary N) is 2. The number of pyridine rings is 1. The van der Waals surface area contributed by atoms with Gasteiger partial charge in [0.1, 0.15) is 29.3 Å². The normalized spacial score (nSPS) is 15.8. The van der Waals surface area contributed by atoms with Crippen LogP contribution in [0.3, 0.4) is 0 Å². The van der Waals surface area contributed by atoms with Crippen molar-refractivity contribution in [3.63, 3.8) is 0 Å². The second-order valence-electron chi connectivity index (χ2n) is 9.76. The number of aromatic nitrogens is 4. The Morgan fingerprint density at radius 1 is 1.05 bits per heavy atom. The summed E-state index contributed by atoms with van der Waals surface area (Å²) in [5, 5.41) is 7.16. The Balaban J connectivity index is 1.18. The van der Waals surface area contributed by atoms with Gasteiger partial charge in [0.25, 0.3) is 0 Å². The van der Waals surface area contributed by atoms with E-state index in [0.29, 0.717) is 17.5 Å².